The minimum absolute atomic E-state index is 0.187. The standard InChI is InChI=1S/C10H20N2O.C9H19N.C8H18N2OS.C8H16N2O.C8H17N.C6H13NO.2C2H7N.C2H6/c1-8(2)11-10-4-6-12(7-5-10)9(3)13;1-8(2)10(3)9-6-4-5-7-9;1-7(2)9-8-5-10(6-8)12(3,4)11;1-6(2)9-8-4-10(5-8)7(3)11;1-7(2)9-8-5-3-4-6-8;1-5(2)7-6-3-8-4-6;2*1-3-2;1-2/h8,10-11H,4-7H2,1-3H3;8-9H,4-7H2,1-3H3;7-9H,3,5-6H2,1-2,4H3;6,8-9H,4-5H2,1-3H3;7-9H,3-6H2,1-2H3;5-7H,3-4H2,1-2H3;2*3H,1-2H3;1-2H3. The topological polar surface area (TPSA) is 158 Å². The molecule has 2 saturated carbocycles. The highest BCUT2D eigenvalue weighted by molar-refractivity contribution is 7.97. The molecule has 4 heterocycles. The molecule has 0 radical (unpaired) electrons. The number of rotatable bonds is 13. The van der Waals surface area contributed by atoms with Crippen LogP contribution in [-0.4, -0.2) is 207 Å². The molecule has 4 saturated heterocycles. The average molecular weight is 1030 g/mol. The van der Waals surface area contributed by atoms with Crippen molar-refractivity contribution in [1.82, 2.24) is 56.2 Å². The number of amides is 2. The van der Waals surface area contributed by atoms with Crippen molar-refractivity contribution in [3.63, 3.8) is 0 Å². The number of piperidine rings is 1. The van der Waals surface area contributed by atoms with Crippen LogP contribution in [0.15, 0.2) is 0 Å². The Morgan fingerprint density at radius 3 is 1.13 bits per heavy atom. The zero-order chi connectivity index (χ0) is 55.3. The van der Waals surface area contributed by atoms with Crippen LogP contribution in [0.1, 0.15) is 175 Å². The predicted molar refractivity (Wildman–Crippen MR) is 313 cm³/mol. The SMILES string of the molecule is C=S(C)(=O)N1CC(NC(C)C)C1.CC.CC(=O)N1CC(NC(C)C)C1.CC(=O)N1CCC(NC(C)C)CC1.CC(C)N(C)C1CCCC1.CC(C)NC1CCCC1.CC(C)NC1COC1.CNC.CNC. The largest absolute Gasteiger partial charge is 0.378 e. The first kappa shape index (κ1) is 73.8. The summed E-state index contributed by atoms with van der Waals surface area (Å²) in [6, 6.07) is 7.58. The maximum absolute atomic E-state index is 11.4. The van der Waals surface area contributed by atoms with Gasteiger partial charge < -0.3 is 56.7 Å². The molecule has 2 amide bonds. The molecule has 0 aromatic heterocycles. The van der Waals surface area contributed by atoms with E-state index in [2.05, 4.69) is 138 Å². The summed E-state index contributed by atoms with van der Waals surface area (Å²) in [5.41, 5.74) is 0. The summed E-state index contributed by atoms with van der Waals surface area (Å²) in [6.45, 7) is 40.5. The summed E-state index contributed by atoms with van der Waals surface area (Å²) in [7, 11) is 7.81. The van der Waals surface area contributed by atoms with Crippen LogP contribution in [0.5, 0.6) is 0 Å². The maximum atomic E-state index is 11.4. The Balaban J connectivity index is -0.000000762. The molecule has 6 aliphatic rings. The second kappa shape index (κ2) is 43.8. The van der Waals surface area contributed by atoms with Crippen molar-refractivity contribution in [2.45, 2.75) is 247 Å². The van der Waals surface area contributed by atoms with Gasteiger partial charge in [-0.15, -0.1) is 0 Å². The van der Waals surface area contributed by atoms with Crippen LogP contribution >= 0.6 is 0 Å². The smallest absolute Gasteiger partial charge is 0.219 e. The Morgan fingerprint density at radius 2 is 0.845 bits per heavy atom. The van der Waals surface area contributed by atoms with Gasteiger partial charge in [0.1, 0.15) is 0 Å². The van der Waals surface area contributed by atoms with Crippen molar-refractivity contribution in [1.29, 1.82) is 0 Å². The summed E-state index contributed by atoms with van der Waals surface area (Å²) in [5, 5.41) is 22.7. The molecule has 6 rings (SSSR count). The molecule has 0 spiro atoms. The van der Waals surface area contributed by atoms with Gasteiger partial charge in [0.15, 0.2) is 0 Å². The second-order valence-corrected chi connectivity index (χ2v) is 24.4. The van der Waals surface area contributed by atoms with Crippen LogP contribution in [0.3, 0.4) is 0 Å². The first-order valence-electron chi connectivity index (χ1n) is 28.1. The summed E-state index contributed by atoms with van der Waals surface area (Å²) < 4.78 is 18.3. The van der Waals surface area contributed by atoms with Crippen molar-refractivity contribution in [3.8, 4) is 0 Å². The van der Waals surface area contributed by atoms with E-state index in [1.54, 1.807) is 20.1 Å². The van der Waals surface area contributed by atoms with Gasteiger partial charge in [0.2, 0.25) is 11.8 Å². The van der Waals surface area contributed by atoms with Gasteiger partial charge in [0, 0.05) is 136 Å². The van der Waals surface area contributed by atoms with E-state index < -0.39 is 9.71 Å². The minimum atomic E-state index is -1.94. The van der Waals surface area contributed by atoms with Crippen molar-refractivity contribution in [2.24, 2.45) is 0 Å². The van der Waals surface area contributed by atoms with Crippen LogP contribution in [0.25, 0.3) is 0 Å². The summed E-state index contributed by atoms with van der Waals surface area (Å²) in [5.74, 6) is 4.03. The molecular formula is C55H123N11O4S. The highest BCUT2D eigenvalue weighted by atomic mass is 32.2. The average Bonchev–Trinajstić information content (AvgIpc) is 3.96. The minimum Gasteiger partial charge on any atom is -0.378 e. The number of hydrogen-bond donors (Lipinski definition) is 7. The summed E-state index contributed by atoms with van der Waals surface area (Å²) in [4.78, 5) is 28.1. The van der Waals surface area contributed by atoms with E-state index in [1.807, 2.05) is 56.1 Å². The van der Waals surface area contributed by atoms with E-state index in [-0.39, 0.29) is 11.8 Å². The molecule has 1 unspecified atom stereocenters. The fourth-order valence-electron chi connectivity index (χ4n) is 8.58. The highest BCUT2D eigenvalue weighted by Crippen LogP contribution is 2.23. The lowest BCUT2D eigenvalue weighted by molar-refractivity contribution is -0.133. The lowest BCUT2D eigenvalue weighted by Crippen LogP contribution is -2.60. The summed E-state index contributed by atoms with van der Waals surface area (Å²) >= 11 is 0. The van der Waals surface area contributed by atoms with Gasteiger partial charge in [0.05, 0.1) is 19.3 Å². The van der Waals surface area contributed by atoms with Crippen molar-refractivity contribution >= 4 is 27.4 Å². The maximum Gasteiger partial charge on any atom is 0.219 e. The number of nitrogens with one attached hydrogen (secondary N) is 7. The Labute approximate surface area is 441 Å². The first-order valence-corrected chi connectivity index (χ1v) is 30.1. The Morgan fingerprint density at radius 1 is 0.535 bits per heavy atom. The zero-order valence-electron chi connectivity index (χ0n) is 50.7. The van der Waals surface area contributed by atoms with Crippen molar-refractivity contribution in [2.75, 3.05) is 94.0 Å². The lowest BCUT2D eigenvalue weighted by atomic mass is 10.0. The first-order chi connectivity index (χ1) is 33.2. The van der Waals surface area contributed by atoms with E-state index in [4.69, 9.17) is 4.74 Å². The molecule has 6 fully saturated rings. The van der Waals surface area contributed by atoms with Crippen LogP contribution in [0, 0.1) is 0 Å². The quantitative estimate of drug-likeness (QED) is 0.102. The third kappa shape index (κ3) is 40.5. The van der Waals surface area contributed by atoms with Gasteiger partial charge in [0.25, 0.3) is 0 Å². The third-order valence-electron chi connectivity index (χ3n) is 12.2. The van der Waals surface area contributed by atoms with E-state index in [1.165, 1.54) is 51.4 Å². The fraction of sp³-hybridized carbons (Fsp3) is 0.945. The molecule has 16 heteroatoms. The van der Waals surface area contributed by atoms with E-state index in [0.29, 0.717) is 54.4 Å². The van der Waals surface area contributed by atoms with Crippen LogP contribution in [0.4, 0.5) is 0 Å². The molecule has 7 N–H and O–H groups in total. The monoisotopic (exact) mass is 1030 g/mol. The second-order valence-electron chi connectivity index (χ2n) is 21.9. The molecule has 0 bridgehead atoms. The number of carbonyl (C=O) groups is 2. The normalized spacial score (nSPS) is 19.5. The fourth-order valence-corrected chi connectivity index (χ4v) is 9.57. The molecule has 4 aliphatic heterocycles. The zero-order valence-corrected chi connectivity index (χ0v) is 51.5. The van der Waals surface area contributed by atoms with Crippen molar-refractivity contribution < 1.29 is 18.5 Å². The van der Waals surface area contributed by atoms with E-state index >= 15 is 0 Å². The molecule has 0 aromatic rings. The van der Waals surface area contributed by atoms with Crippen LogP contribution in [-0.2, 0) is 24.0 Å². The molecular weight excluding hydrogens is 911 g/mol. The van der Waals surface area contributed by atoms with Gasteiger partial charge in [-0.05, 0) is 93.5 Å². The number of nitrogens with zero attached hydrogens (tertiary/aromatic N) is 4. The van der Waals surface area contributed by atoms with Gasteiger partial charge in [-0.2, -0.15) is 0 Å². The highest BCUT2D eigenvalue weighted by Gasteiger charge is 2.30. The molecule has 15 nitrogen and oxygen atoms in total. The van der Waals surface area contributed by atoms with Crippen LogP contribution < -0.4 is 37.2 Å². The van der Waals surface area contributed by atoms with Crippen molar-refractivity contribution in [3.05, 3.63) is 0 Å². The predicted octanol–water partition coefficient (Wildman–Crippen LogP) is 6.42. The number of likely N-dealkylation sites (tertiary alicyclic amines) is 2. The molecule has 0 aromatic carbocycles. The molecule has 2 aliphatic carbocycles. The van der Waals surface area contributed by atoms with Gasteiger partial charge in [-0.3, -0.25) is 13.8 Å². The molecule has 428 valence electrons. The Hall–Kier alpha value is -1.44. The molecule has 1 atom stereocenters. The number of carbonyl (C=O) groups excluding carboxylic acids is 2. The number of ether oxygens (including phenoxy) is 1. The van der Waals surface area contributed by atoms with E-state index in [9.17, 15) is 13.8 Å². The Kier molecular flexibility index (Phi) is 45.5. The number of hydrogen-bond acceptors (Lipinski definition) is 12. The lowest BCUT2D eigenvalue weighted by Gasteiger charge is -2.41. The van der Waals surface area contributed by atoms with Gasteiger partial charge in [-0.25, -0.2) is 4.31 Å². The van der Waals surface area contributed by atoms with Crippen LogP contribution in [0.2, 0.25) is 0 Å². The van der Waals surface area contributed by atoms with E-state index in [0.717, 1.165) is 83.4 Å². The summed E-state index contributed by atoms with van der Waals surface area (Å²) in [6.07, 6.45) is 15.3. The van der Waals surface area contributed by atoms with Gasteiger partial charge >= 0.3 is 0 Å². The molecule has 71 heavy (non-hydrogen) atoms. The third-order valence-corrected chi connectivity index (χ3v) is 13.6. The van der Waals surface area contributed by atoms with Gasteiger partial charge in [-0.1, -0.05) is 109 Å². The Bertz CT molecular complexity index is 1330.